The average Bonchev–Trinajstić information content (AvgIpc) is 2.75. The zero-order valence-corrected chi connectivity index (χ0v) is 19.1. The number of allylic oxidation sites excluding steroid dienone is 2. The van der Waals surface area contributed by atoms with Gasteiger partial charge < -0.3 is 19.7 Å². The third-order valence-corrected chi connectivity index (χ3v) is 6.03. The maximum atomic E-state index is 13.3. The number of hydrogen-bond donors (Lipinski definition) is 2. The van der Waals surface area contributed by atoms with Crippen molar-refractivity contribution in [2.24, 2.45) is 5.92 Å². The molecular formula is C26H30O6. The number of methoxy groups -OCH3 is 1. The third-order valence-electron chi connectivity index (χ3n) is 6.03. The normalized spacial score (nSPS) is 18.3. The Morgan fingerprint density at radius 2 is 1.88 bits per heavy atom. The Kier molecular flexibility index (Phi) is 6.92. The van der Waals surface area contributed by atoms with Crippen LogP contribution in [0.4, 0.5) is 0 Å². The number of ketones is 1. The van der Waals surface area contributed by atoms with Crippen LogP contribution in [-0.4, -0.2) is 35.2 Å². The van der Waals surface area contributed by atoms with Gasteiger partial charge in [-0.1, -0.05) is 48.9 Å². The molecule has 3 atom stereocenters. The summed E-state index contributed by atoms with van der Waals surface area (Å²) in [5.74, 6) is -1.88. The quantitative estimate of drug-likeness (QED) is 0.583. The number of phenolic OH excluding ortho intramolecular Hbond substituents is 1. The number of carboxylic acids is 1. The van der Waals surface area contributed by atoms with Crippen LogP contribution in [0.2, 0.25) is 0 Å². The topological polar surface area (TPSA) is 93.1 Å². The number of benzene rings is 2. The fourth-order valence-corrected chi connectivity index (χ4v) is 4.14. The van der Waals surface area contributed by atoms with Crippen LogP contribution in [0, 0.1) is 5.92 Å². The van der Waals surface area contributed by atoms with Crippen LogP contribution in [0.1, 0.15) is 67.1 Å². The largest absolute Gasteiger partial charge is 0.507 e. The molecule has 2 aromatic carbocycles. The molecule has 0 spiro atoms. The first-order valence-corrected chi connectivity index (χ1v) is 10.7. The second kappa shape index (κ2) is 9.47. The molecule has 6 nitrogen and oxygen atoms in total. The molecule has 0 saturated heterocycles. The van der Waals surface area contributed by atoms with Crippen molar-refractivity contribution in [2.75, 3.05) is 7.11 Å². The van der Waals surface area contributed by atoms with Crippen LogP contribution in [0.3, 0.4) is 0 Å². The van der Waals surface area contributed by atoms with Crippen molar-refractivity contribution in [2.45, 2.75) is 52.6 Å². The van der Waals surface area contributed by atoms with E-state index in [2.05, 4.69) is 0 Å². The highest BCUT2D eigenvalue weighted by Crippen LogP contribution is 2.52. The Morgan fingerprint density at radius 3 is 2.44 bits per heavy atom. The van der Waals surface area contributed by atoms with E-state index >= 15 is 0 Å². The first kappa shape index (κ1) is 23.4. The van der Waals surface area contributed by atoms with Gasteiger partial charge in [-0.2, -0.15) is 0 Å². The van der Waals surface area contributed by atoms with Gasteiger partial charge in [-0.15, -0.1) is 0 Å². The summed E-state index contributed by atoms with van der Waals surface area (Å²) < 4.78 is 11.9. The van der Waals surface area contributed by atoms with Crippen LogP contribution in [0.5, 0.6) is 17.2 Å². The van der Waals surface area contributed by atoms with Gasteiger partial charge in [0.2, 0.25) is 0 Å². The van der Waals surface area contributed by atoms with E-state index in [1.165, 1.54) is 7.11 Å². The standard InChI is InChI=1S/C26H30O6/c1-14(2)11-12-18-24(30)22-23(29)15(3)16(4)32-26(22)21(25(18)31-5)19(13-20(27)28)17-9-7-6-8-10-17/h6-11,15-16,19,30H,12-13H2,1-5H3,(H,27,28)/t15-,16+,19-/m1/s1. The maximum absolute atomic E-state index is 13.3. The second-order valence-electron chi connectivity index (χ2n) is 8.50. The summed E-state index contributed by atoms with van der Waals surface area (Å²) in [6.07, 6.45) is 1.62. The number of fused-ring (bicyclic) bond motifs is 1. The van der Waals surface area contributed by atoms with Gasteiger partial charge in [0.25, 0.3) is 0 Å². The molecular weight excluding hydrogens is 408 g/mol. The van der Waals surface area contributed by atoms with E-state index in [4.69, 9.17) is 9.47 Å². The summed E-state index contributed by atoms with van der Waals surface area (Å²) in [6, 6.07) is 9.22. The number of phenols is 1. The number of carboxylic acid groups (broad SMARTS) is 1. The molecule has 0 bridgehead atoms. The molecule has 0 radical (unpaired) electrons. The zero-order chi connectivity index (χ0) is 23.6. The third kappa shape index (κ3) is 4.35. The monoisotopic (exact) mass is 438 g/mol. The molecule has 2 aromatic rings. The Labute approximate surface area is 188 Å². The summed E-state index contributed by atoms with van der Waals surface area (Å²) in [4.78, 5) is 25.1. The molecule has 1 heterocycles. The van der Waals surface area contributed by atoms with Gasteiger partial charge in [0, 0.05) is 17.0 Å². The molecule has 0 amide bonds. The van der Waals surface area contributed by atoms with Gasteiger partial charge in [0.05, 0.1) is 19.4 Å². The highest BCUT2D eigenvalue weighted by Gasteiger charge is 2.40. The van der Waals surface area contributed by atoms with Crippen molar-refractivity contribution in [1.82, 2.24) is 0 Å². The molecule has 1 aliphatic rings. The lowest BCUT2D eigenvalue weighted by atomic mass is 9.80. The lowest BCUT2D eigenvalue weighted by molar-refractivity contribution is -0.137. The van der Waals surface area contributed by atoms with E-state index in [1.54, 1.807) is 13.8 Å². The summed E-state index contributed by atoms with van der Waals surface area (Å²) in [5, 5.41) is 20.9. The number of ether oxygens (including phenoxy) is 2. The highest BCUT2D eigenvalue weighted by atomic mass is 16.5. The summed E-state index contributed by atoms with van der Waals surface area (Å²) in [7, 11) is 1.48. The molecule has 170 valence electrons. The van der Waals surface area contributed by atoms with Crippen molar-refractivity contribution in [3.8, 4) is 17.2 Å². The lowest BCUT2D eigenvalue weighted by Crippen LogP contribution is -2.35. The fraction of sp³-hybridized carbons (Fsp3) is 0.385. The van der Waals surface area contributed by atoms with Crippen LogP contribution in [-0.2, 0) is 11.2 Å². The predicted octanol–water partition coefficient (Wildman–Crippen LogP) is 5.12. The predicted molar refractivity (Wildman–Crippen MR) is 122 cm³/mol. The molecule has 2 N–H and O–H groups in total. The maximum Gasteiger partial charge on any atom is 0.304 e. The van der Waals surface area contributed by atoms with E-state index in [-0.39, 0.29) is 29.3 Å². The van der Waals surface area contributed by atoms with Crippen LogP contribution < -0.4 is 9.47 Å². The van der Waals surface area contributed by atoms with Gasteiger partial charge in [-0.3, -0.25) is 9.59 Å². The van der Waals surface area contributed by atoms with Gasteiger partial charge in [-0.05, 0) is 32.8 Å². The van der Waals surface area contributed by atoms with Crippen LogP contribution in [0.25, 0.3) is 0 Å². The molecule has 0 fully saturated rings. The van der Waals surface area contributed by atoms with Crippen molar-refractivity contribution in [1.29, 1.82) is 0 Å². The van der Waals surface area contributed by atoms with Gasteiger partial charge >= 0.3 is 5.97 Å². The molecule has 6 heteroatoms. The minimum Gasteiger partial charge on any atom is -0.507 e. The van der Waals surface area contributed by atoms with Crippen molar-refractivity contribution in [3.63, 3.8) is 0 Å². The number of hydrogen-bond acceptors (Lipinski definition) is 5. The number of aliphatic carboxylic acids is 1. The fourth-order valence-electron chi connectivity index (χ4n) is 4.14. The van der Waals surface area contributed by atoms with E-state index in [0.717, 1.165) is 11.1 Å². The summed E-state index contributed by atoms with van der Waals surface area (Å²) >= 11 is 0. The number of carbonyl (C=O) groups excluding carboxylic acids is 1. The van der Waals surface area contributed by atoms with Crippen molar-refractivity contribution < 1.29 is 29.3 Å². The average molecular weight is 439 g/mol. The molecule has 32 heavy (non-hydrogen) atoms. The SMILES string of the molecule is COc1c(CC=C(C)C)c(O)c2c(c1[C@H](CC(=O)O)c1ccccc1)O[C@@H](C)[C@@H](C)C2=O. The number of aromatic hydroxyl groups is 1. The van der Waals surface area contributed by atoms with E-state index < -0.39 is 23.9 Å². The Hall–Kier alpha value is -3.28. The lowest BCUT2D eigenvalue weighted by Gasteiger charge is -2.34. The first-order chi connectivity index (χ1) is 15.2. The van der Waals surface area contributed by atoms with Gasteiger partial charge in [0.1, 0.15) is 28.9 Å². The minimum atomic E-state index is -0.989. The van der Waals surface area contributed by atoms with Gasteiger partial charge in [0.15, 0.2) is 5.78 Å². The van der Waals surface area contributed by atoms with Crippen molar-refractivity contribution >= 4 is 11.8 Å². The molecule has 0 aromatic heterocycles. The van der Waals surface area contributed by atoms with Crippen LogP contribution in [0.15, 0.2) is 42.0 Å². The van der Waals surface area contributed by atoms with E-state index in [1.807, 2.05) is 50.3 Å². The zero-order valence-electron chi connectivity index (χ0n) is 19.1. The minimum absolute atomic E-state index is 0.106. The summed E-state index contributed by atoms with van der Waals surface area (Å²) in [5.41, 5.74) is 2.84. The first-order valence-electron chi connectivity index (χ1n) is 10.7. The highest BCUT2D eigenvalue weighted by molar-refractivity contribution is 6.05. The van der Waals surface area contributed by atoms with E-state index in [9.17, 15) is 19.8 Å². The number of Topliss-reactive ketones (excluding diaryl/α,β-unsaturated/α-hetero) is 1. The summed E-state index contributed by atoms with van der Waals surface area (Å²) in [6.45, 7) is 7.45. The Bertz CT molecular complexity index is 1050. The molecule has 1 aliphatic heterocycles. The smallest absolute Gasteiger partial charge is 0.304 e. The van der Waals surface area contributed by atoms with Gasteiger partial charge in [-0.25, -0.2) is 0 Å². The Morgan fingerprint density at radius 1 is 1.22 bits per heavy atom. The number of rotatable bonds is 7. The second-order valence-corrected chi connectivity index (χ2v) is 8.50. The molecule has 0 unspecified atom stereocenters. The van der Waals surface area contributed by atoms with Crippen molar-refractivity contribution in [3.05, 3.63) is 64.2 Å². The van der Waals surface area contributed by atoms with E-state index in [0.29, 0.717) is 23.3 Å². The number of carbonyl (C=O) groups is 2. The molecule has 3 rings (SSSR count). The molecule has 0 saturated carbocycles. The molecule has 0 aliphatic carbocycles. The van der Waals surface area contributed by atoms with Crippen LogP contribution >= 0.6 is 0 Å². The Balaban J connectivity index is 2.41.